The van der Waals surface area contributed by atoms with Crippen molar-refractivity contribution in [1.29, 1.82) is 0 Å². The van der Waals surface area contributed by atoms with Gasteiger partial charge in [-0.1, -0.05) is 36.4 Å². The lowest BCUT2D eigenvalue weighted by atomic mass is 9.93. The number of amides is 1. The standard InChI is InChI=1S/C27H27NO6/c29-14-18-7-9-19(10-8-18)15-33-25-12-20(11-24(34-25)27(31)28-13-17-5-6-17)22-16-32-23-4-2-1-3-21(23)26(22)30/h1-4,7-11,16-17,20,25,29H,5-6,12-15H2,(H,28,31)/t20-,25+/m0/s1. The number of nitrogens with one attached hydrogen (secondary N) is 1. The second kappa shape index (κ2) is 9.83. The largest absolute Gasteiger partial charge is 0.464 e. The molecular weight excluding hydrogens is 434 g/mol. The normalized spacial score (nSPS) is 20.0. The average molecular weight is 462 g/mol. The molecule has 2 aliphatic rings. The first-order chi connectivity index (χ1) is 16.6. The first-order valence-corrected chi connectivity index (χ1v) is 11.6. The first kappa shape index (κ1) is 22.4. The monoisotopic (exact) mass is 461 g/mol. The molecule has 2 atom stereocenters. The van der Waals surface area contributed by atoms with E-state index in [0.717, 1.165) is 24.0 Å². The van der Waals surface area contributed by atoms with Gasteiger partial charge < -0.3 is 24.3 Å². The molecule has 1 aliphatic carbocycles. The van der Waals surface area contributed by atoms with Crippen LogP contribution >= 0.6 is 0 Å². The molecule has 1 saturated carbocycles. The van der Waals surface area contributed by atoms with Gasteiger partial charge in [-0.25, -0.2) is 0 Å². The van der Waals surface area contributed by atoms with E-state index in [1.54, 1.807) is 24.3 Å². The summed E-state index contributed by atoms with van der Waals surface area (Å²) in [6.45, 7) is 0.866. The summed E-state index contributed by atoms with van der Waals surface area (Å²) in [5.74, 6) is -0.00350. The molecule has 0 unspecified atom stereocenters. The van der Waals surface area contributed by atoms with Crippen molar-refractivity contribution in [2.75, 3.05) is 6.54 Å². The van der Waals surface area contributed by atoms with E-state index < -0.39 is 12.2 Å². The fourth-order valence-electron chi connectivity index (χ4n) is 4.06. The fourth-order valence-corrected chi connectivity index (χ4v) is 4.06. The van der Waals surface area contributed by atoms with Crippen molar-refractivity contribution < 1.29 is 23.8 Å². The van der Waals surface area contributed by atoms with E-state index in [0.29, 0.717) is 35.4 Å². The number of allylic oxidation sites excluding steroid dienone is 1. The van der Waals surface area contributed by atoms with Crippen LogP contribution in [-0.4, -0.2) is 23.8 Å². The zero-order valence-electron chi connectivity index (χ0n) is 18.7. The number of rotatable bonds is 8. The van der Waals surface area contributed by atoms with Crippen LogP contribution in [-0.2, 0) is 27.5 Å². The summed E-state index contributed by atoms with van der Waals surface area (Å²) >= 11 is 0. The summed E-state index contributed by atoms with van der Waals surface area (Å²) in [5.41, 5.74) is 2.60. The molecule has 176 valence electrons. The third-order valence-corrected chi connectivity index (χ3v) is 6.28. The summed E-state index contributed by atoms with van der Waals surface area (Å²) in [7, 11) is 0. The van der Waals surface area contributed by atoms with Crippen molar-refractivity contribution >= 4 is 16.9 Å². The van der Waals surface area contributed by atoms with E-state index in [1.165, 1.54) is 6.26 Å². The number of hydrogen-bond acceptors (Lipinski definition) is 6. The number of carbonyl (C=O) groups is 1. The van der Waals surface area contributed by atoms with Gasteiger partial charge in [-0.15, -0.1) is 0 Å². The Kier molecular flexibility index (Phi) is 6.47. The Morgan fingerprint density at radius 1 is 1.09 bits per heavy atom. The van der Waals surface area contributed by atoms with Crippen LogP contribution in [0.15, 0.2) is 75.8 Å². The van der Waals surface area contributed by atoms with Crippen LogP contribution in [0.4, 0.5) is 0 Å². The first-order valence-electron chi connectivity index (χ1n) is 11.6. The molecule has 34 heavy (non-hydrogen) atoms. The van der Waals surface area contributed by atoms with Gasteiger partial charge in [-0.05, 0) is 48.1 Å². The average Bonchev–Trinajstić information content (AvgIpc) is 3.71. The van der Waals surface area contributed by atoms with Crippen LogP contribution in [0.1, 0.15) is 41.9 Å². The van der Waals surface area contributed by atoms with Crippen LogP contribution in [0.2, 0.25) is 0 Å². The molecule has 2 heterocycles. The lowest BCUT2D eigenvalue weighted by molar-refractivity contribution is -0.150. The number of fused-ring (bicyclic) bond motifs is 1. The minimum atomic E-state index is -0.708. The summed E-state index contributed by atoms with van der Waals surface area (Å²) < 4.78 is 17.6. The molecule has 5 rings (SSSR count). The van der Waals surface area contributed by atoms with Gasteiger partial charge in [0.15, 0.2) is 11.2 Å². The van der Waals surface area contributed by atoms with Gasteiger partial charge in [0.1, 0.15) is 5.58 Å². The zero-order valence-corrected chi connectivity index (χ0v) is 18.7. The van der Waals surface area contributed by atoms with Gasteiger partial charge in [0.05, 0.1) is 24.9 Å². The maximum absolute atomic E-state index is 13.2. The van der Waals surface area contributed by atoms with Gasteiger partial charge in [0.25, 0.3) is 5.91 Å². The number of benzene rings is 2. The predicted molar refractivity (Wildman–Crippen MR) is 126 cm³/mol. The molecule has 0 radical (unpaired) electrons. The number of aliphatic hydroxyl groups is 1. The van der Waals surface area contributed by atoms with Gasteiger partial charge in [-0.2, -0.15) is 0 Å². The Balaban J connectivity index is 1.38. The smallest absolute Gasteiger partial charge is 0.286 e. The van der Waals surface area contributed by atoms with E-state index in [9.17, 15) is 14.7 Å². The van der Waals surface area contributed by atoms with Crippen molar-refractivity contribution in [2.24, 2.45) is 5.92 Å². The Hall–Kier alpha value is -3.42. The molecule has 0 saturated heterocycles. The van der Waals surface area contributed by atoms with Crippen molar-refractivity contribution in [3.8, 4) is 0 Å². The summed E-state index contributed by atoms with van der Waals surface area (Å²) in [4.78, 5) is 26.0. The number of hydrogen-bond donors (Lipinski definition) is 2. The van der Waals surface area contributed by atoms with Crippen molar-refractivity contribution in [1.82, 2.24) is 5.32 Å². The highest BCUT2D eigenvalue weighted by molar-refractivity contribution is 5.91. The number of aliphatic hydroxyl groups excluding tert-OH is 1. The molecule has 0 spiro atoms. The molecule has 1 fully saturated rings. The third-order valence-electron chi connectivity index (χ3n) is 6.28. The highest BCUT2D eigenvalue weighted by atomic mass is 16.7. The molecule has 1 aromatic heterocycles. The van der Waals surface area contributed by atoms with E-state index in [4.69, 9.17) is 13.9 Å². The maximum Gasteiger partial charge on any atom is 0.286 e. The highest BCUT2D eigenvalue weighted by Crippen LogP contribution is 2.32. The minimum absolute atomic E-state index is 0.0208. The molecule has 7 heteroatoms. The molecule has 2 aromatic carbocycles. The summed E-state index contributed by atoms with van der Waals surface area (Å²) in [6, 6.07) is 14.5. The quantitative estimate of drug-likeness (QED) is 0.530. The lowest BCUT2D eigenvalue weighted by Crippen LogP contribution is -2.34. The Bertz CT molecular complexity index is 1260. The third kappa shape index (κ3) is 5.05. The van der Waals surface area contributed by atoms with E-state index in [2.05, 4.69) is 5.32 Å². The Morgan fingerprint density at radius 3 is 2.62 bits per heavy atom. The number of carbonyl (C=O) groups excluding carboxylic acids is 1. The Labute approximate surface area is 197 Å². The van der Waals surface area contributed by atoms with Crippen LogP contribution in [0.5, 0.6) is 0 Å². The van der Waals surface area contributed by atoms with Crippen molar-refractivity contribution in [3.63, 3.8) is 0 Å². The molecular formula is C27H27NO6. The van der Waals surface area contributed by atoms with E-state index >= 15 is 0 Å². The van der Waals surface area contributed by atoms with Crippen LogP contribution < -0.4 is 10.7 Å². The summed E-state index contributed by atoms with van der Waals surface area (Å²) in [6.07, 6.45) is 5.08. The SMILES string of the molecule is O=C(NCC1CC1)C1=C[C@H](c2coc3ccccc3c2=O)C[C@H](OCc2ccc(CO)cc2)O1. The highest BCUT2D eigenvalue weighted by Gasteiger charge is 2.31. The second-order valence-corrected chi connectivity index (χ2v) is 8.88. The van der Waals surface area contributed by atoms with Crippen LogP contribution in [0.25, 0.3) is 11.0 Å². The second-order valence-electron chi connectivity index (χ2n) is 8.88. The van der Waals surface area contributed by atoms with E-state index in [1.807, 2.05) is 30.3 Å². The molecule has 1 aliphatic heterocycles. The van der Waals surface area contributed by atoms with Gasteiger partial charge in [-0.3, -0.25) is 9.59 Å². The zero-order chi connectivity index (χ0) is 23.5. The fraction of sp³-hybridized carbons (Fsp3) is 0.333. The van der Waals surface area contributed by atoms with Gasteiger partial charge >= 0.3 is 0 Å². The predicted octanol–water partition coefficient (Wildman–Crippen LogP) is 3.74. The molecule has 2 N–H and O–H groups in total. The molecule has 7 nitrogen and oxygen atoms in total. The molecule has 3 aromatic rings. The molecule has 1 amide bonds. The Morgan fingerprint density at radius 2 is 1.85 bits per heavy atom. The molecule has 0 bridgehead atoms. The van der Waals surface area contributed by atoms with Gasteiger partial charge in [0.2, 0.25) is 6.29 Å². The summed E-state index contributed by atoms with van der Waals surface area (Å²) in [5, 5.41) is 12.6. The van der Waals surface area contributed by atoms with Crippen LogP contribution in [0.3, 0.4) is 0 Å². The van der Waals surface area contributed by atoms with Gasteiger partial charge in [0, 0.05) is 24.4 Å². The topological polar surface area (TPSA) is 98.0 Å². The van der Waals surface area contributed by atoms with E-state index in [-0.39, 0.29) is 30.3 Å². The lowest BCUT2D eigenvalue weighted by Gasteiger charge is -2.29. The number of ether oxygens (including phenoxy) is 2. The minimum Gasteiger partial charge on any atom is -0.464 e. The van der Waals surface area contributed by atoms with Crippen molar-refractivity contribution in [3.05, 3.63) is 93.5 Å². The number of para-hydroxylation sites is 1. The maximum atomic E-state index is 13.2. The van der Waals surface area contributed by atoms with Crippen LogP contribution in [0, 0.1) is 5.92 Å². The van der Waals surface area contributed by atoms with Crippen molar-refractivity contribution in [2.45, 2.75) is 44.7 Å².